The van der Waals surface area contributed by atoms with Crippen molar-refractivity contribution in [2.45, 2.75) is 153 Å². The molecule has 1 aromatic carbocycles. The number of amides is 1. The van der Waals surface area contributed by atoms with Crippen LogP contribution >= 0.6 is 0 Å². The molecule has 4 aliphatic carbocycles. The molecule has 1 aromatic rings. The van der Waals surface area contributed by atoms with Crippen molar-refractivity contribution >= 4 is 5.91 Å². The van der Waals surface area contributed by atoms with E-state index in [0.29, 0.717) is 24.0 Å². The Balaban J connectivity index is 1.36. The second kappa shape index (κ2) is 13.4. The molecule has 0 radical (unpaired) electrons. The fourth-order valence-corrected chi connectivity index (χ4v) is 7.61. The van der Waals surface area contributed by atoms with Gasteiger partial charge in [0.15, 0.2) is 0 Å². The topological polar surface area (TPSA) is 41.6 Å². The number of carbonyl (C=O) groups excluding carboxylic acids is 1. The van der Waals surface area contributed by atoms with E-state index in [1.54, 1.807) is 0 Å². The summed E-state index contributed by atoms with van der Waals surface area (Å²) in [6.07, 6.45) is 25.3. The Morgan fingerprint density at radius 1 is 0.722 bits per heavy atom. The molecule has 4 aliphatic rings. The standard InChI is InChI=1S/C32H50N2O2/c35-32(34(29-20-9-3-10-21-29)30-22-11-4-12-23-30)27-17-13-16-26(24-27)31(25-14-5-1-6-15-25)36-33-28-18-7-2-8-19-28/h13,16-17,24-25,28-31,33H,1-12,14-15,18-23H2. The van der Waals surface area contributed by atoms with Crippen molar-refractivity contribution in [2.24, 2.45) is 5.92 Å². The van der Waals surface area contributed by atoms with Crippen LogP contribution < -0.4 is 5.48 Å². The lowest BCUT2D eigenvalue weighted by Gasteiger charge is -2.42. The number of nitrogens with zero attached hydrogens (tertiary/aromatic N) is 1. The van der Waals surface area contributed by atoms with Crippen molar-refractivity contribution in [1.82, 2.24) is 10.4 Å². The minimum absolute atomic E-state index is 0.0396. The highest BCUT2D eigenvalue weighted by Crippen LogP contribution is 2.38. The highest BCUT2D eigenvalue weighted by Gasteiger charge is 2.34. The lowest BCUT2D eigenvalue weighted by molar-refractivity contribution is -0.0848. The van der Waals surface area contributed by atoms with E-state index in [4.69, 9.17) is 4.84 Å². The van der Waals surface area contributed by atoms with Crippen molar-refractivity contribution < 1.29 is 9.63 Å². The van der Waals surface area contributed by atoms with Crippen molar-refractivity contribution in [3.63, 3.8) is 0 Å². The molecule has 1 atom stereocenters. The number of hydrogen-bond acceptors (Lipinski definition) is 3. The highest BCUT2D eigenvalue weighted by molar-refractivity contribution is 5.95. The summed E-state index contributed by atoms with van der Waals surface area (Å²) in [5, 5.41) is 0. The largest absolute Gasteiger partial charge is 0.333 e. The van der Waals surface area contributed by atoms with Gasteiger partial charge in [-0.3, -0.25) is 9.63 Å². The third kappa shape index (κ3) is 6.72. The van der Waals surface area contributed by atoms with Gasteiger partial charge in [-0.15, -0.1) is 0 Å². The maximum absolute atomic E-state index is 14.2. The number of benzene rings is 1. The molecule has 0 spiro atoms. The van der Waals surface area contributed by atoms with Crippen LogP contribution in [0.15, 0.2) is 24.3 Å². The van der Waals surface area contributed by atoms with E-state index >= 15 is 0 Å². The first kappa shape index (κ1) is 26.2. The Labute approximate surface area is 219 Å². The zero-order chi connectivity index (χ0) is 24.6. The highest BCUT2D eigenvalue weighted by atomic mass is 16.7. The molecule has 36 heavy (non-hydrogen) atoms. The molecule has 5 rings (SSSR count). The Hall–Kier alpha value is -1.39. The van der Waals surface area contributed by atoms with Gasteiger partial charge < -0.3 is 4.90 Å². The molecule has 1 unspecified atom stereocenters. The fourth-order valence-electron chi connectivity index (χ4n) is 7.61. The molecule has 4 saturated carbocycles. The average molecular weight is 495 g/mol. The normalized spacial score (nSPS) is 24.4. The molecule has 4 heteroatoms. The summed E-state index contributed by atoms with van der Waals surface area (Å²) in [7, 11) is 0. The molecule has 0 saturated heterocycles. The summed E-state index contributed by atoms with van der Waals surface area (Å²) >= 11 is 0. The van der Waals surface area contributed by atoms with Gasteiger partial charge in [-0.1, -0.05) is 89.2 Å². The second-order valence-electron chi connectivity index (χ2n) is 12.3. The average Bonchev–Trinajstić information content (AvgIpc) is 2.96. The Bertz CT molecular complexity index is 784. The van der Waals surface area contributed by atoms with Crippen molar-refractivity contribution in [2.75, 3.05) is 0 Å². The van der Waals surface area contributed by atoms with E-state index in [0.717, 1.165) is 5.56 Å². The van der Waals surface area contributed by atoms with Crippen LogP contribution in [-0.2, 0) is 4.84 Å². The van der Waals surface area contributed by atoms with Gasteiger partial charge in [0.25, 0.3) is 5.91 Å². The Morgan fingerprint density at radius 2 is 1.25 bits per heavy atom. The zero-order valence-electron chi connectivity index (χ0n) is 22.6. The monoisotopic (exact) mass is 494 g/mol. The van der Waals surface area contributed by atoms with Gasteiger partial charge in [-0.25, -0.2) is 0 Å². The maximum atomic E-state index is 14.2. The minimum Gasteiger partial charge on any atom is -0.333 e. The quantitative estimate of drug-likeness (QED) is 0.370. The minimum atomic E-state index is 0.0396. The predicted molar refractivity (Wildman–Crippen MR) is 147 cm³/mol. The SMILES string of the molecule is O=C(c1cccc(C(ONC2CCCCC2)C2CCCCC2)c1)N(C1CCCCC1)C1CCCCC1. The third-order valence-electron chi connectivity index (χ3n) is 9.68. The molecular weight excluding hydrogens is 444 g/mol. The van der Waals surface area contributed by atoms with Crippen LogP contribution in [-0.4, -0.2) is 28.9 Å². The molecule has 1 amide bonds. The first-order valence-electron chi connectivity index (χ1n) is 15.6. The van der Waals surface area contributed by atoms with Crippen LogP contribution in [0.2, 0.25) is 0 Å². The fraction of sp³-hybridized carbons (Fsp3) is 0.781. The number of carbonyl (C=O) groups is 1. The van der Waals surface area contributed by atoms with Gasteiger partial charge in [-0.05, 0) is 75.0 Å². The molecule has 0 aromatic heterocycles. The Morgan fingerprint density at radius 3 is 1.83 bits per heavy atom. The van der Waals surface area contributed by atoms with E-state index in [1.165, 1.54) is 134 Å². The summed E-state index contributed by atoms with van der Waals surface area (Å²) < 4.78 is 0. The van der Waals surface area contributed by atoms with E-state index in [2.05, 4.69) is 34.6 Å². The van der Waals surface area contributed by atoms with Crippen LogP contribution in [0.1, 0.15) is 150 Å². The van der Waals surface area contributed by atoms with E-state index in [9.17, 15) is 4.79 Å². The molecule has 0 bridgehead atoms. The van der Waals surface area contributed by atoms with E-state index in [-0.39, 0.29) is 12.0 Å². The van der Waals surface area contributed by atoms with Crippen LogP contribution in [0.5, 0.6) is 0 Å². The number of rotatable bonds is 8. The van der Waals surface area contributed by atoms with Crippen molar-refractivity contribution in [1.29, 1.82) is 0 Å². The van der Waals surface area contributed by atoms with Crippen LogP contribution in [0.3, 0.4) is 0 Å². The summed E-state index contributed by atoms with van der Waals surface area (Å²) in [4.78, 5) is 23.1. The lowest BCUT2D eigenvalue weighted by Crippen LogP contribution is -2.48. The first-order valence-corrected chi connectivity index (χ1v) is 15.6. The molecule has 0 heterocycles. The summed E-state index contributed by atoms with van der Waals surface area (Å²) in [6, 6.07) is 9.92. The van der Waals surface area contributed by atoms with E-state index < -0.39 is 0 Å². The first-order chi connectivity index (χ1) is 17.8. The van der Waals surface area contributed by atoms with Gasteiger partial charge in [0.05, 0.1) is 0 Å². The van der Waals surface area contributed by atoms with Gasteiger partial charge in [-0.2, -0.15) is 5.48 Å². The number of nitrogens with one attached hydrogen (secondary N) is 1. The van der Waals surface area contributed by atoms with Crippen LogP contribution in [0.4, 0.5) is 0 Å². The zero-order valence-corrected chi connectivity index (χ0v) is 22.6. The van der Waals surface area contributed by atoms with Crippen LogP contribution in [0, 0.1) is 5.92 Å². The Kier molecular flexibility index (Phi) is 9.78. The smallest absolute Gasteiger partial charge is 0.254 e. The van der Waals surface area contributed by atoms with E-state index in [1.807, 2.05) is 0 Å². The second-order valence-corrected chi connectivity index (χ2v) is 12.3. The van der Waals surface area contributed by atoms with Crippen molar-refractivity contribution in [3.8, 4) is 0 Å². The van der Waals surface area contributed by atoms with Gasteiger partial charge in [0.2, 0.25) is 0 Å². The summed E-state index contributed by atoms with van der Waals surface area (Å²) in [5.41, 5.74) is 5.57. The predicted octanol–water partition coefficient (Wildman–Crippen LogP) is 8.27. The van der Waals surface area contributed by atoms with Gasteiger partial charge >= 0.3 is 0 Å². The van der Waals surface area contributed by atoms with Crippen LogP contribution in [0.25, 0.3) is 0 Å². The van der Waals surface area contributed by atoms with Gasteiger partial charge in [0.1, 0.15) is 6.10 Å². The maximum Gasteiger partial charge on any atom is 0.254 e. The molecule has 0 aliphatic heterocycles. The summed E-state index contributed by atoms with van der Waals surface area (Å²) in [5.74, 6) is 0.811. The molecule has 4 nitrogen and oxygen atoms in total. The molecule has 1 N–H and O–H groups in total. The number of hydroxylamine groups is 1. The molecular formula is C32H50N2O2. The third-order valence-corrected chi connectivity index (χ3v) is 9.68. The molecule has 4 fully saturated rings. The number of hydrogen-bond donors (Lipinski definition) is 1. The summed E-state index contributed by atoms with van der Waals surface area (Å²) in [6.45, 7) is 0. The molecule has 200 valence electrons. The van der Waals surface area contributed by atoms with Crippen molar-refractivity contribution in [3.05, 3.63) is 35.4 Å². The lowest BCUT2D eigenvalue weighted by atomic mass is 9.82. The van der Waals surface area contributed by atoms with Gasteiger partial charge in [0, 0.05) is 23.7 Å².